The fraction of sp³-hybridized carbons (Fsp3) is 0.263. The number of hydrogen-bond donors (Lipinski definition) is 2. The minimum atomic E-state index is -0.346. The highest BCUT2D eigenvalue weighted by Crippen LogP contribution is 2.18. The Bertz CT molecular complexity index is 846. The van der Waals surface area contributed by atoms with E-state index in [0.717, 1.165) is 0 Å². The molecule has 2 N–H and O–H groups in total. The van der Waals surface area contributed by atoms with E-state index in [1.54, 1.807) is 36.4 Å². The second-order valence-corrected chi connectivity index (χ2v) is 7.08. The summed E-state index contributed by atoms with van der Waals surface area (Å²) >= 11 is 10.9. The zero-order valence-corrected chi connectivity index (χ0v) is 16.4. The van der Waals surface area contributed by atoms with Crippen molar-refractivity contribution < 1.29 is 8.78 Å². The molecule has 142 valence electrons. The lowest BCUT2D eigenvalue weighted by molar-refractivity contribution is 0.200. The van der Waals surface area contributed by atoms with Gasteiger partial charge in [-0.05, 0) is 55.6 Å². The van der Waals surface area contributed by atoms with Crippen molar-refractivity contribution in [3.63, 3.8) is 0 Å². The lowest BCUT2D eigenvalue weighted by Crippen LogP contribution is -2.57. The largest absolute Gasteiger partial charge is 0.345 e. The van der Waals surface area contributed by atoms with Crippen molar-refractivity contribution in [2.24, 2.45) is 0 Å². The second-order valence-electron chi connectivity index (χ2n) is 6.31. The van der Waals surface area contributed by atoms with Crippen LogP contribution in [0.5, 0.6) is 0 Å². The second kappa shape index (κ2) is 8.58. The van der Waals surface area contributed by atoms with Gasteiger partial charge in [-0.15, -0.1) is 0 Å². The molecule has 0 amide bonds. The molecule has 3 rings (SSSR count). The highest BCUT2D eigenvalue weighted by molar-refractivity contribution is 7.80. The van der Waals surface area contributed by atoms with E-state index in [4.69, 9.17) is 24.4 Å². The monoisotopic (exact) mass is 406 g/mol. The van der Waals surface area contributed by atoms with E-state index in [1.165, 1.54) is 12.1 Å². The van der Waals surface area contributed by atoms with Gasteiger partial charge in [-0.25, -0.2) is 8.78 Å². The molecule has 1 fully saturated rings. The molecular weight excluding hydrogens is 386 g/mol. The number of benzene rings is 2. The molecule has 27 heavy (non-hydrogen) atoms. The van der Waals surface area contributed by atoms with Crippen LogP contribution in [-0.2, 0) is 0 Å². The van der Waals surface area contributed by atoms with Crippen molar-refractivity contribution in [1.29, 1.82) is 0 Å². The van der Waals surface area contributed by atoms with E-state index in [-0.39, 0.29) is 17.7 Å². The summed E-state index contributed by atoms with van der Waals surface area (Å²) in [5, 5.41) is 6.87. The molecule has 1 atom stereocenters. The van der Waals surface area contributed by atoms with Crippen molar-refractivity contribution in [3.05, 3.63) is 60.2 Å². The van der Waals surface area contributed by atoms with Crippen LogP contribution in [0.3, 0.4) is 0 Å². The van der Waals surface area contributed by atoms with E-state index >= 15 is 0 Å². The van der Waals surface area contributed by atoms with Gasteiger partial charge in [-0.2, -0.15) is 0 Å². The molecular formula is C19H20F2N4S2. The summed E-state index contributed by atoms with van der Waals surface area (Å²) in [5.41, 5.74) is 0.711. The predicted molar refractivity (Wildman–Crippen MR) is 113 cm³/mol. The Morgan fingerprint density at radius 3 is 1.93 bits per heavy atom. The van der Waals surface area contributed by atoms with Gasteiger partial charge in [-0.1, -0.05) is 24.3 Å². The van der Waals surface area contributed by atoms with Crippen LogP contribution in [-0.4, -0.2) is 45.7 Å². The molecule has 0 bridgehead atoms. The summed E-state index contributed by atoms with van der Waals surface area (Å²) in [5.74, 6) is -0.691. The van der Waals surface area contributed by atoms with Gasteiger partial charge in [0.25, 0.3) is 0 Å². The lowest BCUT2D eigenvalue weighted by atomic mass is 10.2. The molecule has 0 aromatic heterocycles. The van der Waals surface area contributed by atoms with Crippen molar-refractivity contribution in [2.75, 3.05) is 30.3 Å². The van der Waals surface area contributed by atoms with Crippen molar-refractivity contribution in [2.45, 2.75) is 13.0 Å². The van der Waals surface area contributed by atoms with Crippen LogP contribution in [0.1, 0.15) is 6.92 Å². The molecule has 1 heterocycles. The van der Waals surface area contributed by atoms with Gasteiger partial charge >= 0.3 is 0 Å². The number of rotatable bonds is 2. The van der Waals surface area contributed by atoms with Crippen LogP contribution in [0, 0.1) is 11.6 Å². The summed E-state index contributed by atoms with van der Waals surface area (Å²) in [6.45, 7) is 3.90. The smallest absolute Gasteiger partial charge is 0.173 e. The number of thiocarbonyl (C=S) groups is 2. The molecule has 8 heteroatoms. The fourth-order valence-electron chi connectivity index (χ4n) is 2.95. The highest BCUT2D eigenvalue weighted by Gasteiger charge is 2.27. The zero-order chi connectivity index (χ0) is 19.4. The predicted octanol–water partition coefficient (Wildman–Crippen LogP) is 4.06. The number of nitrogens with zero attached hydrogens (tertiary/aromatic N) is 2. The van der Waals surface area contributed by atoms with E-state index in [1.807, 2.05) is 16.7 Å². The van der Waals surface area contributed by atoms with E-state index in [2.05, 4.69) is 10.6 Å². The number of hydrogen-bond acceptors (Lipinski definition) is 2. The molecule has 0 aliphatic carbocycles. The maximum atomic E-state index is 13.8. The molecule has 4 nitrogen and oxygen atoms in total. The third kappa shape index (κ3) is 4.70. The standard InChI is InChI=1S/C19H20F2N4S2/c1-13-12-24(18(26)22-16-8-4-2-6-14(16)20)10-11-25(13)19(27)23-17-9-5-3-7-15(17)21/h2-9,13H,10-12H2,1H3,(H,22,26)(H,23,27)/t13-/m1/s1. The van der Waals surface area contributed by atoms with E-state index in [9.17, 15) is 8.78 Å². The van der Waals surface area contributed by atoms with Gasteiger partial charge in [0.15, 0.2) is 10.2 Å². The Morgan fingerprint density at radius 2 is 1.41 bits per heavy atom. The number of piperazine rings is 1. The van der Waals surface area contributed by atoms with Crippen LogP contribution in [0.2, 0.25) is 0 Å². The van der Waals surface area contributed by atoms with Crippen molar-refractivity contribution in [3.8, 4) is 0 Å². The van der Waals surface area contributed by atoms with Crippen LogP contribution in [0.25, 0.3) is 0 Å². The van der Waals surface area contributed by atoms with Gasteiger partial charge in [0.1, 0.15) is 11.6 Å². The van der Waals surface area contributed by atoms with Crippen LogP contribution >= 0.6 is 24.4 Å². The van der Waals surface area contributed by atoms with Crippen LogP contribution < -0.4 is 10.6 Å². The Balaban J connectivity index is 1.58. The van der Waals surface area contributed by atoms with Crippen molar-refractivity contribution in [1.82, 2.24) is 9.80 Å². The Kier molecular flexibility index (Phi) is 6.18. The molecule has 0 spiro atoms. The Morgan fingerprint density at radius 1 is 0.889 bits per heavy atom. The fourth-order valence-corrected chi connectivity index (χ4v) is 3.61. The SMILES string of the molecule is C[C@@H]1CN(C(=S)Nc2ccccc2F)CCN1C(=S)Nc1ccccc1F. The summed E-state index contributed by atoms with van der Waals surface area (Å²) in [6, 6.07) is 12.9. The number of nitrogens with one attached hydrogen (secondary N) is 2. The Labute approximate surface area is 168 Å². The van der Waals surface area contributed by atoms with Gasteiger partial charge in [0.05, 0.1) is 11.4 Å². The molecule has 1 saturated heterocycles. The minimum Gasteiger partial charge on any atom is -0.345 e. The van der Waals surface area contributed by atoms with Gasteiger partial charge in [0, 0.05) is 25.7 Å². The first-order valence-corrected chi connectivity index (χ1v) is 9.40. The lowest BCUT2D eigenvalue weighted by Gasteiger charge is -2.42. The first-order valence-electron chi connectivity index (χ1n) is 8.58. The van der Waals surface area contributed by atoms with Crippen molar-refractivity contribution >= 4 is 46.0 Å². The minimum absolute atomic E-state index is 0.0610. The van der Waals surface area contributed by atoms with Gasteiger partial charge in [0.2, 0.25) is 0 Å². The first-order chi connectivity index (χ1) is 13.0. The molecule has 1 aliphatic rings. The molecule has 0 radical (unpaired) electrons. The average molecular weight is 407 g/mol. The molecule has 2 aromatic carbocycles. The molecule has 2 aromatic rings. The Hall–Kier alpha value is -2.32. The molecule has 1 aliphatic heterocycles. The first kappa shape index (κ1) is 19.4. The average Bonchev–Trinajstić information content (AvgIpc) is 2.65. The summed E-state index contributed by atoms with van der Waals surface area (Å²) in [7, 11) is 0. The van der Waals surface area contributed by atoms with E-state index < -0.39 is 0 Å². The number of halogens is 2. The third-order valence-electron chi connectivity index (χ3n) is 4.41. The maximum Gasteiger partial charge on any atom is 0.173 e. The number of anilines is 2. The molecule has 0 unspecified atom stereocenters. The zero-order valence-electron chi connectivity index (χ0n) is 14.8. The maximum absolute atomic E-state index is 13.8. The summed E-state index contributed by atoms with van der Waals surface area (Å²) in [4.78, 5) is 3.98. The van der Waals surface area contributed by atoms with Gasteiger partial charge in [-0.3, -0.25) is 0 Å². The normalized spacial score (nSPS) is 16.8. The summed E-state index contributed by atoms with van der Waals surface area (Å²) in [6.07, 6.45) is 0. The highest BCUT2D eigenvalue weighted by atomic mass is 32.1. The van der Waals surface area contributed by atoms with Crippen LogP contribution in [0.15, 0.2) is 48.5 Å². The van der Waals surface area contributed by atoms with Gasteiger partial charge < -0.3 is 20.4 Å². The topological polar surface area (TPSA) is 30.5 Å². The number of para-hydroxylation sites is 2. The van der Waals surface area contributed by atoms with E-state index in [0.29, 0.717) is 41.2 Å². The quantitative estimate of drug-likeness (QED) is 0.732. The third-order valence-corrected chi connectivity index (χ3v) is 5.10. The summed E-state index contributed by atoms with van der Waals surface area (Å²) < 4.78 is 27.6. The van der Waals surface area contributed by atoms with Crippen LogP contribution in [0.4, 0.5) is 20.2 Å². The molecule has 0 saturated carbocycles.